The predicted molar refractivity (Wildman–Crippen MR) is 76.2 cm³/mol. The number of nitrogens with one attached hydrogen (secondary N) is 1. The fourth-order valence-electron chi connectivity index (χ4n) is 2.78. The molecular formula is C15H32N2. The van der Waals surface area contributed by atoms with E-state index in [1.165, 1.54) is 70.6 Å². The molecule has 1 fully saturated rings. The SMILES string of the molecule is NCCCNC1CCCCCCCCCCC1. The smallest absolute Gasteiger partial charge is 0.00670 e. The van der Waals surface area contributed by atoms with Crippen LogP contribution in [0.2, 0.25) is 0 Å². The molecule has 102 valence electrons. The fourth-order valence-corrected chi connectivity index (χ4v) is 2.78. The first-order chi connectivity index (χ1) is 8.43. The second-order valence-corrected chi connectivity index (χ2v) is 5.55. The molecule has 2 heteroatoms. The molecule has 1 aliphatic rings. The van der Waals surface area contributed by atoms with E-state index in [-0.39, 0.29) is 0 Å². The van der Waals surface area contributed by atoms with Crippen molar-refractivity contribution in [3.63, 3.8) is 0 Å². The van der Waals surface area contributed by atoms with Crippen LogP contribution >= 0.6 is 0 Å². The first-order valence-electron chi connectivity index (χ1n) is 7.87. The van der Waals surface area contributed by atoms with Gasteiger partial charge in [-0.25, -0.2) is 0 Å². The summed E-state index contributed by atoms with van der Waals surface area (Å²) >= 11 is 0. The Morgan fingerprint density at radius 1 is 0.765 bits per heavy atom. The van der Waals surface area contributed by atoms with Crippen LogP contribution in [-0.4, -0.2) is 19.1 Å². The summed E-state index contributed by atoms with van der Waals surface area (Å²) in [6, 6.07) is 0.765. The predicted octanol–water partition coefficient (Wildman–Crippen LogP) is 3.60. The highest BCUT2D eigenvalue weighted by atomic mass is 14.9. The summed E-state index contributed by atoms with van der Waals surface area (Å²) < 4.78 is 0. The van der Waals surface area contributed by atoms with E-state index in [4.69, 9.17) is 5.73 Å². The summed E-state index contributed by atoms with van der Waals surface area (Å²) in [4.78, 5) is 0. The minimum atomic E-state index is 0.765. The Morgan fingerprint density at radius 3 is 1.71 bits per heavy atom. The van der Waals surface area contributed by atoms with Gasteiger partial charge >= 0.3 is 0 Å². The summed E-state index contributed by atoms with van der Waals surface area (Å²) in [6.07, 6.45) is 16.9. The number of hydrogen-bond acceptors (Lipinski definition) is 2. The molecule has 17 heavy (non-hydrogen) atoms. The van der Waals surface area contributed by atoms with E-state index in [0.717, 1.165) is 25.6 Å². The summed E-state index contributed by atoms with van der Waals surface area (Å²) in [5.41, 5.74) is 5.54. The highest BCUT2D eigenvalue weighted by Crippen LogP contribution is 2.16. The van der Waals surface area contributed by atoms with Crippen LogP contribution in [0.4, 0.5) is 0 Å². The van der Waals surface area contributed by atoms with Gasteiger partial charge in [0, 0.05) is 6.04 Å². The molecule has 0 atom stereocenters. The Bertz CT molecular complexity index is 147. The molecule has 0 radical (unpaired) electrons. The van der Waals surface area contributed by atoms with Gasteiger partial charge in [0.15, 0.2) is 0 Å². The van der Waals surface area contributed by atoms with Crippen molar-refractivity contribution < 1.29 is 0 Å². The largest absolute Gasteiger partial charge is 0.330 e. The molecule has 0 spiro atoms. The molecule has 0 aromatic rings. The first kappa shape index (κ1) is 15.0. The van der Waals surface area contributed by atoms with Gasteiger partial charge in [-0.05, 0) is 32.4 Å². The van der Waals surface area contributed by atoms with Crippen molar-refractivity contribution in [1.82, 2.24) is 5.32 Å². The third kappa shape index (κ3) is 8.62. The fraction of sp³-hybridized carbons (Fsp3) is 1.00. The van der Waals surface area contributed by atoms with Gasteiger partial charge in [0.2, 0.25) is 0 Å². The van der Waals surface area contributed by atoms with E-state index in [1.54, 1.807) is 0 Å². The maximum absolute atomic E-state index is 5.54. The summed E-state index contributed by atoms with van der Waals surface area (Å²) in [5, 5.41) is 3.69. The Labute approximate surface area is 108 Å². The van der Waals surface area contributed by atoms with Crippen molar-refractivity contribution in [1.29, 1.82) is 0 Å². The Hall–Kier alpha value is -0.0800. The van der Waals surface area contributed by atoms with E-state index >= 15 is 0 Å². The number of hydrogen-bond donors (Lipinski definition) is 2. The third-order valence-electron chi connectivity index (χ3n) is 3.92. The van der Waals surface area contributed by atoms with Crippen molar-refractivity contribution in [2.45, 2.75) is 83.1 Å². The molecule has 0 aromatic heterocycles. The van der Waals surface area contributed by atoms with Gasteiger partial charge in [-0.2, -0.15) is 0 Å². The molecule has 0 bridgehead atoms. The van der Waals surface area contributed by atoms with Crippen molar-refractivity contribution in [3.05, 3.63) is 0 Å². The molecule has 3 N–H and O–H groups in total. The molecule has 0 unspecified atom stereocenters. The Morgan fingerprint density at radius 2 is 1.24 bits per heavy atom. The highest BCUT2D eigenvalue weighted by molar-refractivity contribution is 4.68. The van der Waals surface area contributed by atoms with Gasteiger partial charge in [-0.3, -0.25) is 0 Å². The Kier molecular flexibility index (Phi) is 9.72. The lowest BCUT2D eigenvalue weighted by Gasteiger charge is -2.19. The van der Waals surface area contributed by atoms with Gasteiger partial charge in [-0.15, -0.1) is 0 Å². The van der Waals surface area contributed by atoms with Crippen molar-refractivity contribution in [3.8, 4) is 0 Å². The molecule has 0 aromatic carbocycles. The van der Waals surface area contributed by atoms with Gasteiger partial charge in [0.1, 0.15) is 0 Å². The van der Waals surface area contributed by atoms with E-state index < -0.39 is 0 Å². The van der Waals surface area contributed by atoms with E-state index in [1.807, 2.05) is 0 Å². The zero-order valence-corrected chi connectivity index (χ0v) is 11.6. The third-order valence-corrected chi connectivity index (χ3v) is 3.92. The second-order valence-electron chi connectivity index (χ2n) is 5.55. The molecule has 1 saturated carbocycles. The van der Waals surface area contributed by atoms with E-state index in [2.05, 4.69) is 5.32 Å². The first-order valence-corrected chi connectivity index (χ1v) is 7.87. The van der Waals surface area contributed by atoms with Crippen LogP contribution < -0.4 is 11.1 Å². The Balaban J connectivity index is 2.17. The maximum atomic E-state index is 5.54. The average Bonchev–Trinajstić information content (AvgIpc) is 2.32. The lowest BCUT2D eigenvalue weighted by atomic mass is 9.98. The summed E-state index contributed by atoms with van der Waals surface area (Å²) in [6.45, 7) is 1.93. The van der Waals surface area contributed by atoms with Gasteiger partial charge < -0.3 is 11.1 Å². The molecule has 0 saturated heterocycles. The number of rotatable bonds is 4. The summed E-state index contributed by atoms with van der Waals surface area (Å²) in [7, 11) is 0. The van der Waals surface area contributed by atoms with Crippen molar-refractivity contribution in [2.24, 2.45) is 5.73 Å². The minimum absolute atomic E-state index is 0.765. The molecular weight excluding hydrogens is 208 g/mol. The van der Waals surface area contributed by atoms with E-state index in [0.29, 0.717) is 0 Å². The zero-order chi connectivity index (χ0) is 12.2. The standard InChI is InChI=1S/C15H32N2/c16-13-10-14-17-15-11-8-6-4-2-1-3-5-7-9-12-15/h15,17H,1-14,16H2. The molecule has 0 heterocycles. The van der Waals surface area contributed by atoms with Crippen LogP contribution in [0, 0.1) is 0 Å². The molecule has 1 aliphatic carbocycles. The van der Waals surface area contributed by atoms with Gasteiger partial charge in [0.25, 0.3) is 0 Å². The van der Waals surface area contributed by atoms with Gasteiger partial charge in [-0.1, -0.05) is 57.8 Å². The quantitative estimate of drug-likeness (QED) is 0.737. The molecule has 0 aliphatic heterocycles. The zero-order valence-electron chi connectivity index (χ0n) is 11.6. The second kappa shape index (κ2) is 11.0. The lowest BCUT2D eigenvalue weighted by molar-refractivity contribution is 0.403. The highest BCUT2D eigenvalue weighted by Gasteiger charge is 2.08. The lowest BCUT2D eigenvalue weighted by Crippen LogP contribution is -2.31. The van der Waals surface area contributed by atoms with Gasteiger partial charge in [0.05, 0.1) is 0 Å². The maximum Gasteiger partial charge on any atom is 0.00670 e. The summed E-state index contributed by atoms with van der Waals surface area (Å²) in [5.74, 6) is 0. The monoisotopic (exact) mass is 240 g/mol. The molecule has 0 amide bonds. The van der Waals surface area contributed by atoms with Crippen LogP contribution in [0.25, 0.3) is 0 Å². The van der Waals surface area contributed by atoms with Crippen molar-refractivity contribution >= 4 is 0 Å². The van der Waals surface area contributed by atoms with E-state index in [9.17, 15) is 0 Å². The average molecular weight is 240 g/mol. The normalized spacial score (nSPS) is 21.7. The molecule has 2 nitrogen and oxygen atoms in total. The minimum Gasteiger partial charge on any atom is -0.330 e. The van der Waals surface area contributed by atoms with Crippen LogP contribution in [-0.2, 0) is 0 Å². The van der Waals surface area contributed by atoms with Crippen molar-refractivity contribution in [2.75, 3.05) is 13.1 Å². The van der Waals surface area contributed by atoms with Crippen LogP contribution in [0.3, 0.4) is 0 Å². The number of nitrogens with two attached hydrogens (primary N) is 1. The molecule has 1 rings (SSSR count). The van der Waals surface area contributed by atoms with Crippen LogP contribution in [0.15, 0.2) is 0 Å². The van der Waals surface area contributed by atoms with Crippen LogP contribution in [0.1, 0.15) is 77.0 Å². The topological polar surface area (TPSA) is 38.0 Å². The van der Waals surface area contributed by atoms with Crippen LogP contribution in [0.5, 0.6) is 0 Å².